The van der Waals surface area contributed by atoms with Gasteiger partial charge in [0.1, 0.15) is 11.6 Å². The number of carbonyl (C=O) groups excluding carboxylic acids is 1. The van der Waals surface area contributed by atoms with Crippen molar-refractivity contribution in [3.8, 4) is 0 Å². The van der Waals surface area contributed by atoms with E-state index in [1.54, 1.807) is 29.2 Å². The molecule has 0 bridgehead atoms. The lowest BCUT2D eigenvalue weighted by Gasteiger charge is -2.39. The Morgan fingerprint density at radius 2 is 1.58 bits per heavy atom. The van der Waals surface area contributed by atoms with E-state index in [-0.39, 0.29) is 24.1 Å². The number of ether oxygens (including phenoxy) is 1. The maximum absolute atomic E-state index is 13.7. The fourth-order valence-corrected chi connectivity index (χ4v) is 5.18. The predicted octanol–water partition coefficient (Wildman–Crippen LogP) is 3.40. The molecule has 0 radical (unpaired) electrons. The van der Waals surface area contributed by atoms with Crippen molar-refractivity contribution in [2.45, 2.75) is 37.8 Å². The van der Waals surface area contributed by atoms with Crippen LogP contribution < -0.4 is 0 Å². The van der Waals surface area contributed by atoms with Gasteiger partial charge < -0.3 is 14.7 Å². The first-order valence-corrected chi connectivity index (χ1v) is 11.5. The number of β-amino-alcohol motifs (C(OH)–C–C–N with tert-alkyl or cyclic N) is 1. The molecule has 0 spiro atoms. The Hall–Kier alpha value is -2.35. The van der Waals surface area contributed by atoms with Crippen molar-refractivity contribution in [3.05, 3.63) is 71.3 Å². The molecule has 33 heavy (non-hydrogen) atoms. The number of hydrogen-bond donors (Lipinski definition) is 1. The molecule has 7 heteroatoms. The molecular weight excluding hydrogens is 426 g/mol. The van der Waals surface area contributed by atoms with E-state index >= 15 is 0 Å². The summed E-state index contributed by atoms with van der Waals surface area (Å²) in [7, 11) is 1.92. The summed E-state index contributed by atoms with van der Waals surface area (Å²) in [6.45, 7) is 2.83. The minimum atomic E-state index is -0.993. The lowest BCUT2D eigenvalue weighted by Crippen LogP contribution is -2.50. The van der Waals surface area contributed by atoms with Gasteiger partial charge in [-0.2, -0.15) is 0 Å². The zero-order valence-corrected chi connectivity index (χ0v) is 19.1. The number of carbonyl (C=O) groups is 1. The topological polar surface area (TPSA) is 53.0 Å². The van der Waals surface area contributed by atoms with Crippen LogP contribution in [0, 0.1) is 17.0 Å². The summed E-state index contributed by atoms with van der Waals surface area (Å²) in [6.07, 6.45) is 2.27. The van der Waals surface area contributed by atoms with Crippen LogP contribution in [-0.2, 0) is 22.5 Å². The van der Waals surface area contributed by atoms with Crippen LogP contribution in [0.15, 0.2) is 48.5 Å². The summed E-state index contributed by atoms with van der Waals surface area (Å²) in [5.74, 6) is -0.514. The lowest BCUT2D eigenvalue weighted by molar-refractivity contribution is -0.148. The maximum atomic E-state index is 13.7. The molecular formula is C26H32F2N2O3. The first-order chi connectivity index (χ1) is 15.8. The highest BCUT2D eigenvalue weighted by Crippen LogP contribution is 2.38. The number of amides is 1. The summed E-state index contributed by atoms with van der Waals surface area (Å²) in [6, 6.07) is 12.7. The molecule has 2 aliphatic heterocycles. The van der Waals surface area contributed by atoms with Gasteiger partial charge in [0, 0.05) is 32.8 Å². The van der Waals surface area contributed by atoms with Gasteiger partial charge in [-0.05, 0) is 68.1 Å². The number of likely N-dealkylation sites (tertiary alicyclic amines) is 1. The number of halogens is 2. The lowest BCUT2D eigenvalue weighted by atomic mass is 9.74. The van der Waals surface area contributed by atoms with Crippen molar-refractivity contribution < 1.29 is 23.4 Å². The number of aliphatic hydroxyl groups is 1. The monoisotopic (exact) mass is 458 g/mol. The molecule has 2 fully saturated rings. The van der Waals surface area contributed by atoms with Crippen LogP contribution >= 0.6 is 0 Å². The second-order valence-electron chi connectivity index (χ2n) is 9.70. The molecule has 2 aromatic rings. The smallest absolute Gasteiger partial charge is 0.229 e. The van der Waals surface area contributed by atoms with E-state index in [1.807, 2.05) is 11.9 Å². The molecule has 0 saturated carbocycles. The molecule has 1 atom stereocenters. The molecule has 2 saturated heterocycles. The summed E-state index contributed by atoms with van der Waals surface area (Å²) < 4.78 is 32.1. The van der Waals surface area contributed by atoms with E-state index in [0.29, 0.717) is 58.5 Å². The number of nitrogens with zero attached hydrogens (tertiary/aromatic N) is 2. The standard InChI is InChI=1S/C26H32F2N2O3/c1-29(17-21-4-8-23(28)9-5-21)18-26(32)10-13-30(19-26)24(31)25(11-14-33-15-12-25)16-20-2-6-22(27)7-3-20/h2-9,32H,10-19H2,1H3. The van der Waals surface area contributed by atoms with Gasteiger partial charge in [0.05, 0.1) is 17.6 Å². The Morgan fingerprint density at radius 3 is 2.18 bits per heavy atom. The van der Waals surface area contributed by atoms with Crippen LogP contribution in [0.1, 0.15) is 30.4 Å². The Kier molecular flexibility index (Phi) is 7.12. The molecule has 1 amide bonds. The van der Waals surface area contributed by atoms with Crippen LogP contribution in [0.2, 0.25) is 0 Å². The molecule has 0 aromatic heterocycles. The van der Waals surface area contributed by atoms with Crippen LogP contribution in [0.3, 0.4) is 0 Å². The zero-order valence-electron chi connectivity index (χ0n) is 19.1. The van der Waals surface area contributed by atoms with E-state index < -0.39 is 11.0 Å². The van der Waals surface area contributed by atoms with E-state index in [1.165, 1.54) is 24.3 Å². The van der Waals surface area contributed by atoms with Crippen molar-refractivity contribution in [1.29, 1.82) is 0 Å². The minimum Gasteiger partial charge on any atom is -0.387 e. The fourth-order valence-electron chi connectivity index (χ4n) is 5.18. The van der Waals surface area contributed by atoms with Crippen molar-refractivity contribution in [2.24, 2.45) is 5.41 Å². The average molecular weight is 459 g/mol. The Morgan fingerprint density at radius 1 is 1.00 bits per heavy atom. The number of rotatable bonds is 7. The van der Waals surface area contributed by atoms with E-state index in [2.05, 4.69) is 0 Å². The van der Waals surface area contributed by atoms with Gasteiger partial charge in [-0.15, -0.1) is 0 Å². The molecule has 1 unspecified atom stereocenters. The van der Waals surface area contributed by atoms with Crippen molar-refractivity contribution in [2.75, 3.05) is 39.9 Å². The Labute approximate surface area is 194 Å². The molecule has 5 nitrogen and oxygen atoms in total. The van der Waals surface area contributed by atoms with Crippen LogP contribution in [0.25, 0.3) is 0 Å². The molecule has 1 N–H and O–H groups in total. The first kappa shape index (κ1) is 23.8. The third-order valence-electron chi connectivity index (χ3n) is 6.91. The van der Waals surface area contributed by atoms with Gasteiger partial charge in [-0.3, -0.25) is 9.69 Å². The van der Waals surface area contributed by atoms with E-state index in [0.717, 1.165) is 11.1 Å². The van der Waals surface area contributed by atoms with Gasteiger partial charge in [0.2, 0.25) is 5.91 Å². The molecule has 4 rings (SSSR count). The third kappa shape index (κ3) is 5.78. The minimum absolute atomic E-state index is 0.0484. The molecule has 2 aromatic carbocycles. The molecule has 2 aliphatic rings. The zero-order chi connectivity index (χ0) is 23.5. The Bertz CT molecular complexity index is 945. The van der Waals surface area contributed by atoms with Crippen LogP contribution in [0.4, 0.5) is 8.78 Å². The van der Waals surface area contributed by atoms with Crippen LogP contribution in [-0.4, -0.2) is 66.3 Å². The molecule has 0 aliphatic carbocycles. The van der Waals surface area contributed by atoms with E-state index in [9.17, 15) is 18.7 Å². The van der Waals surface area contributed by atoms with Crippen molar-refractivity contribution in [3.63, 3.8) is 0 Å². The fraction of sp³-hybridized carbons (Fsp3) is 0.500. The average Bonchev–Trinajstić information content (AvgIpc) is 3.18. The summed E-state index contributed by atoms with van der Waals surface area (Å²) in [4.78, 5) is 17.5. The summed E-state index contributed by atoms with van der Waals surface area (Å²) in [5, 5.41) is 11.2. The summed E-state index contributed by atoms with van der Waals surface area (Å²) in [5.41, 5.74) is 0.308. The van der Waals surface area contributed by atoms with Crippen LogP contribution in [0.5, 0.6) is 0 Å². The maximum Gasteiger partial charge on any atom is 0.229 e. The number of likely N-dealkylation sites (N-methyl/N-ethyl adjacent to an activating group) is 1. The number of benzene rings is 2. The second-order valence-corrected chi connectivity index (χ2v) is 9.70. The van der Waals surface area contributed by atoms with Gasteiger partial charge in [0.15, 0.2) is 0 Å². The van der Waals surface area contributed by atoms with Gasteiger partial charge in [0.25, 0.3) is 0 Å². The third-order valence-corrected chi connectivity index (χ3v) is 6.91. The van der Waals surface area contributed by atoms with Crippen molar-refractivity contribution >= 4 is 5.91 Å². The normalized spacial score (nSPS) is 22.6. The number of hydrogen-bond acceptors (Lipinski definition) is 4. The molecule has 178 valence electrons. The Balaban J connectivity index is 1.41. The van der Waals surface area contributed by atoms with E-state index in [4.69, 9.17) is 4.74 Å². The quantitative estimate of drug-likeness (QED) is 0.691. The highest BCUT2D eigenvalue weighted by Gasteiger charge is 2.47. The van der Waals surface area contributed by atoms with Gasteiger partial charge in [-0.1, -0.05) is 24.3 Å². The van der Waals surface area contributed by atoms with Crippen molar-refractivity contribution in [1.82, 2.24) is 9.80 Å². The SMILES string of the molecule is CN(Cc1ccc(F)cc1)CC1(O)CCN(C(=O)C2(Cc3ccc(F)cc3)CCOCC2)C1. The summed E-state index contributed by atoms with van der Waals surface area (Å²) >= 11 is 0. The first-order valence-electron chi connectivity index (χ1n) is 11.5. The highest BCUT2D eigenvalue weighted by atomic mass is 19.1. The molecule has 2 heterocycles. The van der Waals surface area contributed by atoms with Gasteiger partial charge >= 0.3 is 0 Å². The van der Waals surface area contributed by atoms with Gasteiger partial charge in [-0.25, -0.2) is 8.78 Å². The highest BCUT2D eigenvalue weighted by molar-refractivity contribution is 5.83. The predicted molar refractivity (Wildman–Crippen MR) is 121 cm³/mol. The largest absolute Gasteiger partial charge is 0.387 e. The second kappa shape index (κ2) is 9.87.